The van der Waals surface area contributed by atoms with E-state index < -0.39 is 0 Å². The Morgan fingerprint density at radius 2 is 2.14 bits per heavy atom. The third-order valence-electron chi connectivity index (χ3n) is 4.93. The van der Waals surface area contributed by atoms with Crippen LogP contribution in [0.1, 0.15) is 48.9 Å². The summed E-state index contributed by atoms with van der Waals surface area (Å²) in [6.07, 6.45) is 6.14. The van der Waals surface area contributed by atoms with Crippen molar-refractivity contribution >= 4 is 11.3 Å². The standard InChI is InChI=1S/C17H29N3OS/c1-13(2)16(12-20-6-8-21-9-7-20)18-10-15-11-19-17(22-15)14-4-3-5-14/h11,13-14,16,18H,3-10,12H2,1-2H3/t16-/m1/s1. The summed E-state index contributed by atoms with van der Waals surface area (Å²) in [5, 5.41) is 5.12. The third-order valence-corrected chi connectivity index (χ3v) is 6.09. The van der Waals surface area contributed by atoms with E-state index in [4.69, 9.17) is 4.74 Å². The van der Waals surface area contributed by atoms with Gasteiger partial charge in [0.1, 0.15) is 0 Å². The van der Waals surface area contributed by atoms with Gasteiger partial charge in [-0.05, 0) is 18.8 Å². The number of morpholine rings is 1. The predicted molar refractivity (Wildman–Crippen MR) is 91.4 cm³/mol. The zero-order chi connectivity index (χ0) is 15.4. The minimum atomic E-state index is 0.535. The summed E-state index contributed by atoms with van der Waals surface area (Å²) < 4.78 is 5.44. The molecule has 0 aromatic carbocycles. The fraction of sp³-hybridized carbons (Fsp3) is 0.824. The maximum Gasteiger partial charge on any atom is 0.0959 e. The highest BCUT2D eigenvalue weighted by Gasteiger charge is 2.23. The van der Waals surface area contributed by atoms with Crippen LogP contribution in [0.3, 0.4) is 0 Å². The van der Waals surface area contributed by atoms with Crippen LogP contribution in [0.5, 0.6) is 0 Å². The SMILES string of the molecule is CC(C)[C@@H](CN1CCOCC1)NCc1cnc(C2CCC2)s1. The lowest BCUT2D eigenvalue weighted by atomic mass is 9.86. The summed E-state index contributed by atoms with van der Waals surface area (Å²) in [6.45, 7) is 10.6. The highest BCUT2D eigenvalue weighted by Crippen LogP contribution is 2.38. The van der Waals surface area contributed by atoms with Crippen LogP contribution in [-0.2, 0) is 11.3 Å². The summed E-state index contributed by atoms with van der Waals surface area (Å²) >= 11 is 1.91. The van der Waals surface area contributed by atoms with Crippen molar-refractivity contribution in [3.05, 3.63) is 16.1 Å². The maximum absolute atomic E-state index is 5.44. The van der Waals surface area contributed by atoms with Crippen LogP contribution in [0, 0.1) is 5.92 Å². The van der Waals surface area contributed by atoms with E-state index >= 15 is 0 Å². The van der Waals surface area contributed by atoms with Crippen LogP contribution >= 0.6 is 11.3 Å². The Labute approximate surface area is 138 Å². The van der Waals surface area contributed by atoms with E-state index in [0.717, 1.165) is 45.3 Å². The van der Waals surface area contributed by atoms with Gasteiger partial charge in [-0.25, -0.2) is 4.98 Å². The van der Waals surface area contributed by atoms with E-state index in [9.17, 15) is 0 Å². The normalized spacial score (nSPS) is 22.0. The van der Waals surface area contributed by atoms with Crippen molar-refractivity contribution in [1.29, 1.82) is 0 Å². The van der Waals surface area contributed by atoms with Crippen LogP contribution in [0.4, 0.5) is 0 Å². The Morgan fingerprint density at radius 3 is 2.77 bits per heavy atom. The number of nitrogens with zero attached hydrogens (tertiary/aromatic N) is 2. The first-order valence-electron chi connectivity index (χ1n) is 8.70. The first-order valence-corrected chi connectivity index (χ1v) is 9.52. The van der Waals surface area contributed by atoms with E-state index in [1.54, 1.807) is 0 Å². The highest BCUT2D eigenvalue weighted by atomic mass is 32.1. The molecule has 4 nitrogen and oxygen atoms in total. The average Bonchev–Trinajstić information content (AvgIpc) is 2.90. The van der Waals surface area contributed by atoms with Gasteiger partial charge in [-0.2, -0.15) is 0 Å². The number of aromatic nitrogens is 1. The van der Waals surface area contributed by atoms with Gasteiger partial charge in [-0.1, -0.05) is 20.3 Å². The lowest BCUT2D eigenvalue weighted by Crippen LogP contribution is -2.47. The number of rotatable bonds is 7. The Bertz CT molecular complexity index is 453. The van der Waals surface area contributed by atoms with Gasteiger partial charge in [0.25, 0.3) is 0 Å². The van der Waals surface area contributed by atoms with Gasteiger partial charge in [0.15, 0.2) is 0 Å². The molecule has 124 valence electrons. The number of hydrogen-bond donors (Lipinski definition) is 1. The van der Waals surface area contributed by atoms with Crippen LogP contribution in [0.2, 0.25) is 0 Å². The summed E-state index contributed by atoms with van der Waals surface area (Å²) in [7, 11) is 0. The number of hydrogen-bond acceptors (Lipinski definition) is 5. The fourth-order valence-corrected chi connectivity index (χ4v) is 4.09. The molecule has 1 N–H and O–H groups in total. The molecular weight excluding hydrogens is 294 g/mol. The first kappa shape index (κ1) is 16.4. The van der Waals surface area contributed by atoms with E-state index in [0.29, 0.717) is 12.0 Å². The average molecular weight is 324 g/mol. The van der Waals surface area contributed by atoms with Crippen LogP contribution in [0.25, 0.3) is 0 Å². The number of thiazole rings is 1. The zero-order valence-electron chi connectivity index (χ0n) is 13.9. The molecule has 5 heteroatoms. The van der Waals surface area contributed by atoms with E-state index in [2.05, 4.69) is 35.2 Å². The Balaban J connectivity index is 1.48. The van der Waals surface area contributed by atoms with E-state index in [1.165, 1.54) is 29.1 Å². The van der Waals surface area contributed by atoms with Gasteiger partial charge in [-0.3, -0.25) is 4.90 Å². The quantitative estimate of drug-likeness (QED) is 0.837. The van der Waals surface area contributed by atoms with Crippen molar-refractivity contribution < 1.29 is 4.74 Å². The smallest absolute Gasteiger partial charge is 0.0959 e. The molecule has 1 aromatic heterocycles. The molecule has 0 spiro atoms. The molecule has 1 aliphatic carbocycles. The maximum atomic E-state index is 5.44. The lowest BCUT2D eigenvalue weighted by Gasteiger charge is -2.32. The molecule has 0 radical (unpaired) electrons. The van der Waals surface area contributed by atoms with Gasteiger partial charge in [0.2, 0.25) is 0 Å². The van der Waals surface area contributed by atoms with E-state index in [-0.39, 0.29) is 0 Å². The van der Waals surface area contributed by atoms with Crippen LogP contribution < -0.4 is 5.32 Å². The van der Waals surface area contributed by atoms with E-state index in [1.807, 2.05) is 11.3 Å². The lowest BCUT2D eigenvalue weighted by molar-refractivity contribution is 0.0309. The summed E-state index contributed by atoms with van der Waals surface area (Å²) in [6, 6.07) is 0.535. The van der Waals surface area contributed by atoms with Crippen molar-refractivity contribution in [3.63, 3.8) is 0 Å². The molecule has 1 atom stereocenters. The fourth-order valence-electron chi connectivity index (χ4n) is 3.05. The number of ether oxygens (including phenoxy) is 1. The summed E-state index contributed by atoms with van der Waals surface area (Å²) in [5.41, 5.74) is 0. The molecule has 2 aliphatic rings. The van der Waals surface area contributed by atoms with Gasteiger partial charge in [0.05, 0.1) is 18.2 Å². The second-order valence-corrected chi connectivity index (χ2v) is 8.08. The van der Waals surface area contributed by atoms with Crippen molar-refractivity contribution in [1.82, 2.24) is 15.2 Å². The molecule has 1 saturated carbocycles. The monoisotopic (exact) mass is 323 g/mol. The van der Waals surface area contributed by atoms with Gasteiger partial charge in [0, 0.05) is 49.2 Å². The third kappa shape index (κ3) is 4.28. The molecule has 0 unspecified atom stereocenters. The van der Waals surface area contributed by atoms with Crippen molar-refractivity contribution in [2.45, 2.75) is 51.6 Å². The topological polar surface area (TPSA) is 37.4 Å². The van der Waals surface area contributed by atoms with Crippen molar-refractivity contribution in [3.8, 4) is 0 Å². The minimum absolute atomic E-state index is 0.535. The molecule has 2 heterocycles. The summed E-state index contributed by atoms with van der Waals surface area (Å²) in [4.78, 5) is 8.53. The van der Waals surface area contributed by atoms with Gasteiger partial charge in [-0.15, -0.1) is 11.3 Å². The Morgan fingerprint density at radius 1 is 1.36 bits per heavy atom. The molecule has 1 aliphatic heterocycles. The Hall–Kier alpha value is -0.490. The van der Waals surface area contributed by atoms with Gasteiger partial charge >= 0.3 is 0 Å². The summed E-state index contributed by atoms with van der Waals surface area (Å²) in [5.74, 6) is 1.40. The second kappa shape index (κ2) is 7.86. The zero-order valence-corrected chi connectivity index (χ0v) is 14.7. The molecule has 1 saturated heterocycles. The highest BCUT2D eigenvalue weighted by molar-refractivity contribution is 7.11. The molecule has 1 aromatic rings. The first-order chi connectivity index (χ1) is 10.7. The Kier molecular flexibility index (Phi) is 5.85. The molecule has 3 rings (SSSR count). The van der Waals surface area contributed by atoms with Gasteiger partial charge < -0.3 is 10.1 Å². The van der Waals surface area contributed by atoms with Crippen LogP contribution in [0.15, 0.2) is 6.20 Å². The minimum Gasteiger partial charge on any atom is -0.379 e. The largest absolute Gasteiger partial charge is 0.379 e. The van der Waals surface area contributed by atoms with Crippen molar-refractivity contribution in [2.75, 3.05) is 32.8 Å². The molecule has 0 bridgehead atoms. The second-order valence-electron chi connectivity index (χ2n) is 6.94. The molecule has 0 amide bonds. The molecular formula is C17H29N3OS. The molecule has 2 fully saturated rings. The number of nitrogens with one attached hydrogen (secondary N) is 1. The van der Waals surface area contributed by atoms with Crippen LogP contribution in [-0.4, -0.2) is 48.8 Å². The molecule has 22 heavy (non-hydrogen) atoms. The predicted octanol–water partition coefficient (Wildman–Crippen LogP) is 2.86. The van der Waals surface area contributed by atoms with Crippen molar-refractivity contribution in [2.24, 2.45) is 5.92 Å².